The van der Waals surface area contributed by atoms with E-state index in [4.69, 9.17) is 5.11 Å². The van der Waals surface area contributed by atoms with Crippen molar-refractivity contribution in [3.8, 4) is 0 Å². The number of anilines is 1. The van der Waals surface area contributed by atoms with Crippen molar-refractivity contribution in [2.75, 3.05) is 5.32 Å². The molecule has 0 aliphatic carbocycles. The van der Waals surface area contributed by atoms with E-state index in [0.717, 1.165) is 11.3 Å². The summed E-state index contributed by atoms with van der Waals surface area (Å²) in [5.74, 6) is -1.01. The van der Waals surface area contributed by atoms with Crippen LogP contribution < -0.4 is 5.32 Å². The average molecular weight is 270 g/mol. The van der Waals surface area contributed by atoms with Crippen LogP contribution in [0.5, 0.6) is 0 Å². The summed E-state index contributed by atoms with van der Waals surface area (Å²) in [6.07, 6.45) is 0.758. The molecule has 100 valence electrons. The molecule has 0 aliphatic rings. The fraction of sp³-hybridized carbons (Fsp3) is 0.583. The molecule has 0 spiro atoms. The minimum atomic E-state index is -0.901. The number of aryl methyl sites for hydroxylation is 1. The summed E-state index contributed by atoms with van der Waals surface area (Å²) >= 11 is 1.31. The molecule has 0 saturated heterocycles. The highest BCUT2D eigenvalue weighted by atomic mass is 32.1. The Bertz CT molecular complexity index is 456. The molecule has 6 heteroatoms. The first-order chi connectivity index (χ1) is 8.36. The largest absolute Gasteiger partial charge is 0.480 e. The first-order valence-electron chi connectivity index (χ1n) is 5.84. The van der Waals surface area contributed by atoms with Gasteiger partial charge in [-0.05, 0) is 12.8 Å². The van der Waals surface area contributed by atoms with Gasteiger partial charge in [0.1, 0.15) is 11.7 Å². The lowest BCUT2D eigenvalue weighted by Gasteiger charge is -2.19. The number of Topliss-reactive ketones (excluding diaryl/α,β-unsaturated/α-hetero) is 1. The topological polar surface area (TPSA) is 79.3 Å². The van der Waals surface area contributed by atoms with Crippen LogP contribution >= 0.6 is 11.3 Å². The van der Waals surface area contributed by atoms with Crippen molar-refractivity contribution in [1.82, 2.24) is 4.98 Å². The molecule has 0 fully saturated rings. The van der Waals surface area contributed by atoms with E-state index in [0.29, 0.717) is 10.8 Å². The van der Waals surface area contributed by atoms with Crippen LogP contribution in [-0.4, -0.2) is 27.9 Å². The number of ketones is 1. The van der Waals surface area contributed by atoms with Gasteiger partial charge < -0.3 is 10.4 Å². The first kappa shape index (κ1) is 14.6. The Morgan fingerprint density at radius 3 is 2.50 bits per heavy atom. The van der Waals surface area contributed by atoms with Crippen molar-refractivity contribution in [1.29, 1.82) is 0 Å². The summed E-state index contributed by atoms with van der Waals surface area (Å²) in [4.78, 5) is 27.4. The number of nitrogens with zero attached hydrogens (tertiary/aromatic N) is 1. The second kappa shape index (κ2) is 5.95. The molecule has 0 saturated carbocycles. The van der Waals surface area contributed by atoms with Crippen molar-refractivity contribution >= 4 is 28.2 Å². The zero-order chi connectivity index (χ0) is 13.9. The number of aliphatic carboxylic acids is 1. The van der Waals surface area contributed by atoms with Crippen LogP contribution in [-0.2, 0) is 4.79 Å². The number of carboxylic acids is 1. The lowest BCUT2D eigenvalue weighted by atomic mass is 10.00. The number of aromatic nitrogens is 1. The van der Waals surface area contributed by atoms with E-state index in [1.54, 1.807) is 6.92 Å². The normalized spacial score (nSPS) is 14.0. The van der Waals surface area contributed by atoms with Gasteiger partial charge in [0.25, 0.3) is 0 Å². The van der Waals surface area contributed by atoms with Crippen LogP contribution in [0.3, 0.4) is 0 Å². The summed E-state index contributed by atoms with van der Waals surface area (Å²) in [5, 5.41) is 12.6. The third-order valence-electron chi connectivity index (χ3n) is 2.89. The number of hydrogen-bond donors (Lipinski definition) is 2. The van der Waals surface area contributed by atoms with Crippen molar-refractivity contribution in [2.45, 2.75) is 40.2 Å². The molecule has 1 heterocycles. The molecule has 2 atom stereocenters. The van der Waals surface area contributed by atoms with Gasteiger partial charge in [-0.2, -0.15) is 0 Å². The zero-order valence-corrected chi connectivity index (χ0v) is 11.8. The minimum Gasteiger partial charge on any atom is -0.480 e. The number of thiazole rings is 1. The fourth-order valence-electron chi connectivity index (χ4n) is 1.60. The van der Waals surface area contributed by atoms with Crippen molar-refractivity contribution in [3.05, 3.63) is 10.6 Å². The Hall–Kier alpha value is -1.43. The molecule has 1 aromatic rings. The van der Waals surface area contributed by atoms with Crippen LogP contribution in [0.1, 0.15) is 42.6 Å². The van der Waals surface area contributed by atoms with Gasteiger partial charge in [0, 0.05) is 11.8 Å². The monoisotopic (exact) mass is 270 g/mol. The number of rotatable bonds is 6. The highest BCUT2D eigenvalue weighted by Crippen LogP contribution is 2.24. The summed E-state index contributed by atoms with van der Waals surface area (Å²) < 4.78 is 0. The molecule has 2 N–H and O–H groups in total. The van der Waals surface area contributed by atoms with Crippen LogP contribution in [0.25, 0.3) is 0 Å². The molecule has 1 rings (SSSR count). The summed E-state index contributed by atoms with van der Waals surface area (Å²) in [6, 6.07) is -0.680. The van der Waals surface area contributed by atoms with Crippen LogP contribution in [0, 0.1) is 12.8 Å². The van der Waals surface area contributed by atoms with Crippen molar-refractivity contribution in [2.24, 2.45) is 5.92 Å². The zero-order valence-electron chi connectivity index (χ0n) is 11.0. The number of carbonyl (C=O) groups is 2. The van der Waals surface area contributed by atoms with Gasteiger partial charge in [-0.1, -0.05) is 20.3 Å². The number of carboxylic acid groups (broad SMARTS) is 1. The van der Waals surface area contributed by atoms with Crippen LogP contribution in [0.2, 0.25) is 0 Å². The van der Waals surface area contributed by atoms with Gasteiger partial charge >= 0.3 is 5.97 Å². The van der Waals surface area contributed by atoms with E-state index in [2.05, 4.69) is 10.3 Å². The quantitative estimate of drug-likeness (QED) is 0.777. The lowest BCUT2D eigenvalue weighted by Crippen LogP contribution is -2.35. The third-order valence-corrected chi connectivity index (χ3v) is 3.79. The van der Waals surface area contributed by atoms with Gasteiger partial charge in [-0.15, -0.1) is 11.3 Å². The molecule has 0 unspecified atom stereocenters. The standard InChI is InChI=1S/C12H18N2O3S/c1-5-6(2)9(11(16)17)13-12-14-10(7(3)15)8(4)18-12/h6,9H,5H2,1-4H3,(H,13,14)(H,16,17)/t6-,9-/m0/s1. The Morgan fingerprint density at radius 2 is 2.11 bits per heavy atom. The minimum absolute atomic E-state index is 0.00696. The van der Waals surface area contributed by atoms with Crippen LogP contribution in [0.15, 0.2) is 0 Å². The predicted octanol–water partition coefficient (Wildman–Crippen LogP) is 2.57. The van der Waals surface area contributed by atoms with Crippen molar-refractivity contribution < 1.29 is 14.7 Å². The third kappa shape index (κ3) is 3.29. The second-order valence-corrected chi connectivity index (χ2v) is 5.53. The number of hydrogen-bond acceptors (Lipinski definition) is 5. The van der Waals surface area contributed by atoms with E-state index in [1.165, 1.54) is 18.3 Å². The molecule has 0 aliphatic heterocycles. The summed E-state index contributed by atoms with van der Waals surface area (Å²) in [5.41, 5.74) is 0.413. The Kier molecular flexibility index (Phi) is 4.84. The fourth-order valence-corrected chi connectivity index (χ4v) is 2.50. The maximum Gasteiger partial charge on any atom is 0.326 e. The van der Waals surface area contributed by atoms with Crippen molar-refractivity contribution in [3.63, 3.8) is 0 Å². The highest BCUT2D eigenvalue weighted by molar-refractivity contribution is 7.15. The van der Waals surface area contributed by atoms with Gasteiger partial charge in [0.15, 0.2) is 10.9 Å². The smallest absolute Gasteiger partial charge is 0.326 e. The second-order valence-electron chi connectivity index (χ2n) is 4.33. The maximum atomic E-state index is 11.3. The molecule has 0 aromatic carbocycles. The van der Waals surface area contributed by atoms with E-state index in [1.807, 2.05) is 13.8 Å². The summed E-state index contributed by atoms with van der Waals surface area (Å²) in [6.45, 7) is 7.07. The van der Waals surface area contributed by atoms with Crippen LogP contribution in [0.4, 0.5) is 5.13 Å². The lowest BCUT2D eigenvalue weighted by molar-refractivity contribution is -0.139. The van der Waals surface area contributed by atoms with E-state index < -0.39 is 12.0 Å². The highest BCUT2D eigenvalue weighted by Gasteiger charge is 2.25. The Labute approximate surface area is 110 Å². The molecule has 5 nitrogen and oxygen atoms in total. The van der Waals surface area contributed by atoms with Gasteiger partial charge in [-0.3, -0.25) is 4.79 Å². The molecular formula is C12H18N2O3S. The molecule has 0 bridgehead atoms. The van der Waals surface area contributed by atoms with Gasteiger partial charge in [-0.25, -0.2) is 9.78 Å². The maximum absolute atomic E-state index is 11.3. The average Bonchev–Trinajstić information content (AvgIpc) is 2.66. The Morgan fingerprint density at radius 1 is 1.50 bits per heavy atom. The van der Waals surface area contributed by atoms with E-state index in [9.17, 15) is 9.59 Å². The predicted molar refractivity (Wildman–Crippen MR) is 71.4 cm³/mol. The van der Waals surface area contributed by atoms with Gasteiger partial charge in [0.2, 0.25) is 0 Å². The molecule has 0 amide bonds. The van der Waals surface area contributed by atoms with Gasteiger partial charge in [0.05, 0.1) is 0 Å². The Balaban J connectivity index is 2.91. The molecule has 0 radical (unpaired) electrons. The summed E-state index contributed by atoms with van der Waals surface area (Å²) in [7, 11) is 0. The van der Waals surface area contributed by atoms with E-state index >= 15 is 0 Å². The number of carbonyl (C=O) groups excluding carboxylic acids is 1. The molecule has 18 heavy (non-hydrogen) atoms. The first-order valence-corrected chi connectivity index (χ1v) is 6.66. The SMILES string of the molecule is CC[C@H](C)[C@H](Nc1nc(C(C)=O)c(C)s1)C(=O)O. The number of nitrogens with one attached hydrogen (secondary N) is 1. The molecule has 1 aromatic heterocycles. The van der Waals surface area contributed by atoms with E-state index in [-0.39, 0.29) is 11.7 Å². The molecular weight excluding hydrogens is 252 g/mol.